The molecular weight excluding hydrogens is 212 g/mol. The quantitative estimate of drug-likeness (QED) is 0.827. The van der Waals surface area contributed by atoms with Crippen molar-refractivity contribution in [2.45, 2.75) is 12.8 Å². The molecule has 0 aliphatic carbocycles. The van der Waals surface area contributed by atoms with Gasteiger partial charge in [-0.3, -0.25) is 4.98 Å². The van der Waals surface area contributed by atoms with Crippen LogP contribution in [0.5, 0.6) is 0 Å². The zero-order valence-electron chi connectivity index (χ0n) is 6.97. The molecule has 0 fully saturated rings. The highest BCUT2D eigenvalue weighted by Crippen LogP contribution is 2.33. The number of alkyl halides is 2. The van der Waals surface area contributed by atoms with Gasteiger partial charge in [0.05, 0.1) is 40.7 Å². The molecule has 0 saturated heterocycles. The van der Waals surface area contributed by atoms with Crippen molar-refractivity contribution in [2.24, 2.45) is 0 Å². The van der Waals surface area contributed by atoms with Gasteiger partial charge in [-0.25, -0.2) is 8.78 Å². The highest BCUT2D eigenvalue weighted by molar-refractivity contribution is 6.32. The SMILES string of the molecule is N#CCc1ncc(N)c(C(F)F)c1Cl. The van der Waals surface area contributed by atoms with E-state index in [1.165, 1.54) is 0 Å². The lowest BCUT2D eigenvalue weighted by atomic mass is 10.1. The Kier molecular flexibility index (Phi) is 3.20. The Morgan fingerprint density at radius 1 is 1.64 bits per heavy atom. The molecule has 0 atom stereocenters. The van der Waals surface area contributed by atoms with E-state index in [0.29, 0.717) is 0 Å². The molecule has 74 valence electrons. The van der Waals surface area contributed by atoms with Crippen molar-refractivity contribution >= 4 is 17.3 Å². The zero-order valence-corrected chi connectivity index (χ0v) is 7.72. The van der Waals surface area contributed by atoms with Crippen LogP contribution in [0.4, 0.5) is 14.5 Å². The Morgan fingerprint density at radius 2 is 2.29 bits per heavy atom. The predicted octanol–water partition coefficient (Wildman–Crippen LogP) is 2.32. The number of nitriles is 1. The monoisotopic (exact) mass is 217 g/mol. The van der Waals surface area contributed by atoms with Gasteiger partial charge >= 0.3 is 0 Å². The van der Waals surface area contributed by atoms with Crippen LogP contribution in [0.1, 0.15) is 17.7 Å². The Hall–Kier alpha value is -1.41. The van der Waals surface area contributed by atoms with Crippen molar-refractivity contribution in [2.75, 3.05) is 5.73 Å². The first-order valence-electron chi connectivity index (χ1n) is 3.65. The summed E-state index contributed by atoms with van der Waals surface area (Å²) in [6, 6.07) is 1.78. The van der Waals surface area contributed by atoms with E-state index in [4.69, 9.17) is 22.6 Å². The van der Waals surface area contributed by atoms with Crippen LogP contribution < -0.4 is 5.73 Å². The second-order valence-corrected chi connectivity index (χ2v) is 2.90. The van der Waals surface area contributed by atoms with E-state index in [0.717, 1.165) is 6.20 Å². The van der Waals surface area contributed by atoms with E-state index in [9.17, 15) is 8.78 Å². The molecule has 1 aromatic heterocycles. The van der Waals surface area contributed by atoms with Gasteiger partial charge in [-0.2, -0.15) is 5.26 Å². The lowest BCUT2D eigenvalue weighted by Gasteiger charge is -2.08. The maximum atomic E-state index is 12.4. The maximum absolute atomic E-state index is 12.4. The van der Waals surface area contributed by atoms with Crippen molar-refractivity contribution < 1.29 is 8.78 Å². The molecule has 0 bridgehead atoms. The number of nitrogens with two attached hydrogens (primary N) is 1. The second-order valence-electron chi connectivity index (χ2n) is 2.52. The maximum Gasteiger partial charge on any atom is 0.267 e. The summed E-state index contributed by atoms with van der Waals surface area (Å²) in [7, 11) is 0. The fourth-order valence-electron chi connectivity index (χ4n) is 0.976. The molecule has 0 saturated carbocycles. The molecule has 3 nitrogen and oxygen atoms in total. The van der Waals surface area contributed by atoms with Crippen molar-refractivity contribution in [3.8, 4) is 6.07 Å². The van der Waals surface area contributed by atoms with E-state index in [-0.39, 0.29) is 22.8 Å². The number of nitrogens with zero attached hydrogens (tertiary/aromatic N) is 2. The summed E-state index contributed by atoms with van der Waals surface area (Å²) in [6.45, 7) is 0. The van der Waals surface area contributed by atoms with E-state index < -0.39 is 12.0 Å². The molecule has 1 heterocycles. The smallest absolute Gasteiger partial charge is 0.267 e. The number of halogens is 3. The average Bonchev–Trinajstić information content (AvgIpc) is 2.10. The fraction of sp³-hybridized carbons (Fsp3) is 0.250. The molecule has 14 heavy (non-hydrogen) atoms. The van der Waals surface area contributed by atoms with Crippen LogP contribution in [0.2, 0.25) is 5.02 Å². The lowest BCUT2D eigenvalue weighted by Crippen LogP contribution is -2.01. The number of hydrogen-bond acceptors (Lipinski definition) is 3. The van der Waals surface area contributed by atoms with Gasteiger partial charge in [0.2, 0.25) is 0 Å². The first-order chi connectivity index (χ1) is 6.57. The van der Waals surface area contributed by atoms with Crippen molar-refractivity contribution in [3.05, 3.63) is 22.5 Å². The molecule has 2 N–H and O–H groups in total. The molecule has 0 amide bonds. The van der Waals surface area contributed by atoms with Gasteiger partial charge < -0.3 is 5.73 Å². The highest BCUT2D eigenvalue weighted by Gasteiger charge is 2.19. The molecule has 0 unspecified atom stereocenters. The van der Waals surface area contributed by atoms with E-state index in [1.807, 2.05) is 0 Å². The molecule has 1 rings (SSSR count). The number of aromatic nitrogens is 1. The van der Waals surface area contributed by atoms with Crippen molar-refractivity contribution in [3.63, 3.8) is 0 Å². The fourth-order valence-corrected chi connectivity index (χ4v) is 1.28. The number of rotatable bonds is 2. The van der Waals surface area contributed by atoms with Crippen molar-refractivity contribution in [1.29, 1.82) is 5.26 Å². The zero-order chi connectivity index (χ0) is 10.7. The van der Waals surface area contributed by atoms with Gasteiger partial charge in [0.25, 0.3) is 6.43 Å². The summed E-state index contributed by atoms with van der Waals surface area (Å²) in [6.07, 6.45) is -1.79. The van der Waals surface area contributed by atoms with Crippen LogP contribution in [-0.4, -0.2) is 4.98 Å². The van der Waals surface area contributed by atoms with Gasteiger partial charge in [-0.05, 0) is 0 Å². The third-order valence-electron chi connectivity index (χ3n) is 1.63. The molecule has 1 aromatic rings. The van der Waals surface area contributed by atoms with Gasteiger partial charge in [-0.1, -0.05) is 11.6 Å². The van der Waals surface area contributed by atoms with Crippen LogP contribution in [0.3, 0.4) is 0 Å². The minimum atomic E-state index is -2.76. The molecule has 0 spiro atoms. The van der Waals surface area contributed by atoms with E-state index in [2.05, 4.69) is 4.98 Å². The number of hydrogen-bond donors (Lipinski definition) is 1. The summed E-state index contributed by atoms with van der Waals surface area (Å²) in [5, 5.41) is 8.15. The second kappa shape index (κ2) is 4.20. The number of anilines is 1. The van der Waals surface area contributed by atoms with Crippen molar-refractivity contribution in [1.82, 2.24) is 4.98 Å². The van der Waals surface area contributed by atoms with Crippen LogP contribution in [0.25, 0.3) is 0 Å². The molecule has 0 aliphatic heterocycles. The number of pyridine rings is 1. The van der Waals surface area contributed by atoms with Gasteiger partial charge in [-0.15, -0.1) is 0 Å². The van der Waals surface area contributed by atoms with Gasteiger partial charge in [0.15, 0.2) is 0 Å². The lowest BCUT2D eigenvalue weighted by molar-refractivity contribution is 0.152. The van der Waals surface area contributed by atoms with E-state index >= 15 is 0 Å². The Morgan fingerprint density at radius 3 is 2.79 bits per heavy atom. The predicted molar refractivity (Wildman–Crippen MR) is 47.9 cm³/mol. The average molecular weight is 218 g/mol. The van der Waals surface area contributed by atoms with E-state index in [1.54, 1.807) is 6.07 Å². The normalized spacial score (nSPS) is 10.2. The Bertz CT molecular complexity index is 387. The molecule has 0 radical (unpaired) electrons. The summed E-state index contributed by atoms with van der Waals surface area (Å²) in [5.74, 6) is 0. The summed E-state index contributed by atoms with van der Waals surface area (Å²) in [5.41, 5.74) is 4.79. The van der Waals surface area contributed by atoms with Crippen LogP contribution >= 0.6 is 11.6 Å². The van der Waals surface area contributed by atoms with Crippen LogP contribution in [0.15, 0.2) is 6.20 Å². The summed E-state index contributed by atoms with van der Waals surface area (Å²) < 4.78 is 24.9. The highest BCUT2D eigenvalue weighted by atomic mass is 35.5. The third kappa shape index (κ3) is 1.91. The number of nitrogen functional groups attached to an aromatic ring is 1. The Labute approximate surface area is 84.1 Å². The molecule has 0 aliphatic rings. The molecule has 6 heteroatoms. The Balaban J connectivity index is 3.28. The largest absolute Gasteiger partial charge is 0.397 e. The topological polar surface area (TPSA) is 62.7 Å². The van der Waals surface area contributed by atoms with Gasteiger partial charge in [0, 0.05) is 0 Å². The third-order valence-corrected chi connectivity index (χ3v) is 2.05. The molecule has 0 aromatic carbocycles. The van der Waals surface area contributed by atoms with Crippen LogP contribution in [-0.2, 0) is 6.42 Å². The standard InChI is InChI=1S/C8H6ClF2N3/c9-7-5(1-2-12)14-3-4(13)6(7)8(10)11/h3,8H,1,13H2. The first kappa shape index (κ1) is 10.7. The summed E-state index contributed by atoms with van der Waals surface area (Å²) in [4.78, 5) is 3.70. The van der Waals surface area contributed by atoms with Gasteiger partial charge in [0.1, 0.15) is 0 Å². The first-order valence-corrected chi connectivity index (χ1v) is 4.03. The molecular formula is C8H6ClF2N3. The van der Waals surface area contributed by atoms with Crippen LogP contribution in [0, 0.1) is 11.3 Å². The minimum absolute atomic E-state index is 0.112. The summed E-state index contributed by atoms with van der Waals surface area (Å²) >= 11 is 5.61. The minimum Gasteiger partial charge on any atom is -0.397 e.